The van der Waals surface area contributed by atoms with E-state index in [4.69, 9.17) is 19.9 Å². The Labute approximate surface area is 195 Å². The molecule has 0 fully saturated rings. The van der Waals surface area contributed by atoms with Crippen LogP contribution in [-0.2, 0) is 9.47 Å². The topological polar surface area (TPSA) is 148 Å². The molecule has 0 saturated carbocycles. The van der Waals surface area contributed by atoms with Crippen LogP contribution in [0.3, 0.4) is 0 Å². The summed E-state index contributed by atoms with van der Waals surface area (Å²) in [5.74, 6) is -1.20. The molecule has 0 aliphatic carbocycles. The fourth-order valence-corrected chi connectivity index (χ4v) is 3.16. The highest BCUT2D eigenvalue weighted by atomic mass is 16.8. The van der Waals surface area contributed by atoms with Crippen LogP contribution < -0.4 is 10.5 Å². The molecule has 178 valence electrons. The highest BCUT2D eigenvalue weighted by Gasteiger charge is 2.18. The van der Waals surface area contributed by atoms with Crippen LogP contribution in [0.2, 0.25) is 0 Å². The fourth-order valence-electron chi connectivity index (χ4n) is 3.16. The van der Waals surface area contributed by atoms with Crippen molar-refractivity contribution in [1.82, 2.24) is 0 Å². The minimum atomic E-state index is -1.09. The maximum atomic E-state index is 12.4. The third kappa shape index (κ3) is 6.23. The summed E-state index contributed by atoms with van der Waals surface area (Å²) in [4.78, 5) is 24.8. The Balaban J connectivity index is 1.64. The normalized spacial score (nSPS) is 14.5. The smallest absolute Gasteiger partial charge is 0.338 e. The van der Waals surface area contributed by atoms with E-state index < -0.39 is 34.6 Å². The molecule has 0 spiro atoms. The van der Waals surface area contributed by atoms with Crippen molar-refractivity contribution < 1.29 is 39.9 Å². The van der Waals surface area contributed by atoms with Crippen LogP contribution in [0.1, 0.15) is 57.9 Å². The third-order valence-corrected chi connectivity index (χ3v) is 5.15. The van der Waals surface area contributed by atoms with Gasteiger partial charge in [-0.1, -0.05) is 18.2 Å². The van der Waals surface area contributed by atoms with Crippen molar-refractivity contribution in [3.63, 3.8) is 0 Å². The molecule has 0 aromatic heterocycles. The first-order valence-electron chi connectivity index (χ1n) is 10.3. The number of hydrogen-bond donors (Lipinski definition) is 4. The van der Waals surface area contributed by atoms with Gasteiger partial charge in [0.1, 0.15) is 12.2 Å². The van der Waals surface area contributed by atoms with E-state index in [-0.39, 0.29) is 22.5 Å². The fraction of sp³-hybridized carbons (Fsp3) is 0.167. The molecule has 0 bridgehead atoms. The van der Waals surface area contributed by atoms with Crippen molar-refractivity contribution >= 4 is 23.3 Å². The summed E-state index contributed by atoms with van der Waals surface area (Å²) in [5, 5.41) is 37.6. The molecule has 0 amide bonds. The number of carbonyl (C=O) groups excluding carboxylic acids is 2. The molecule has 10 nitrogen and oxygen atoms in total. The Morgan fingerprint density at radius 1 is 0.706 bits per heavy atom. The zero-order valence-corrected chi connectivity index (χ0v) is 18.4. The second kappa shape index (κ2) is 11.0. The Bertz CT molecular complexity index is 1040. The Morgan fingerprint density at radius 3 is 1.38 bits per heavy atom. The number of benzene rings is 3. The quantitative estimate of drug-likeness (QED) is 0.291. The van der Waals surface area contributed by atoms with E-state index in [1.807, 2.05) is 0 Å². The van der Waals surface area contributed by atoms with Gasteiger partial charge in [0.25, 0.3) is 0 Å². The van der Waals surface area contributed by atoms with E-state index in [1.165, 1.54) is 48.5 Å². The van der Waals surface area contributed by atoms with Crippen LogP contribution in [0.4, 0.5) is 11.4 Å². The van der Waals surface area contributed by atoms with Crippen molar-refractivity contribution in [2.45, 2.75) is 26.1 Å². The van der Waals surface area contributed by atoms with Crippen LogP contribution >= 0.6 is 0 Å². The SMILES string of the molecule is C[C@@H](OC(=O)c1ccc([NH+]([O-])O)cc1)c1cccc([C@@H](C)OC(=O)c2ccc([NH+]([O-])O)cc2)c1. The largest absolute Gasteiger partial charge is 0.595 e. The number of carbonyl (C=O) groups is 2. The summed E-state index contributed by atoms with van der Waals surface area (Å²) in [6, 6.07) is 17.9. The molecule has 0 aliphatic rings. The van der Waals surface area contributed by atoms with E-state index >= 15 is 0 Å². The first-order valence-corrected chi connectivity index (χ1v) is 10.3. The highest BCUT2D eigenvalue weighted by molar-refractivity contribution is 5.90. The summed E-state index contributed by atoms with van der Waals surface area (Å²) >= 11 is 0. The van der Waals surface area contributed by atoms with E-state index in [1.54, 1.807) is 38.1 Å². The van der Waals surface area contributed by atoms with E-state index in [0.717, 1.165) is 0 Å². The van der Waals surface area contributed by atoms with Crippen molar-refractivity contribution in [3.05, 3.63) is 105 Å². The summed E-state index contributed by atoms with van der Waals surface area (Å²) in [6.45, 7) is 3.40. The molecule has 0 radical (unpaired) electrons. The molecule has 0 aliphatic heterocycles. The summed E-state index contributed by atoms with van der Waals surface area (Å²) < 4.78 is 11.0. The summed E-state index contributed by atoms with van der Waals surface area (Å²) in [7, 11) is 0. The van der Waals surface area contributed by atoms with Gasteiger partial charge in [-0.05, 0) is 55.3 Å². The Morgan fingerprint density at radius 2 is 1.06 bits per heavy atom. The van der Waals surface area contributed by atoms with E-state index in [9.17, 15) is 20.0 Å². The van der Waals surface area contributed by atoms with Gasteiger partial charge in [-0.25, -0.2) is 20.0 Å². The van der Waals surface area contributed by atoms with Crippen molar-refractivity contribution in [2.75, 3.05) is 0 Å². The lowest BCUT2D eigenvalue weighted by molar-refractivity contribution is -0.991. The number of esters is 2. The molecular weight excluding hydrogens is 444 g/mol. The first-order chi connectivity index (χ1) is 16.2. The highest BCUT2D eigenvalue weighted by Crippen LogP contribution is 2.25. The van der Waals surface area contributed by atoms with Gasteiger partial charge in [0, 0.05) is 24.3 Å². The zero-order valence-electron chi connectivity index (χ0n) is 18.4. The molecule has 10 heteroatoms. The van der Waals surface area contributed by atoms with Crippen molar-refractivity contribution in [2.24, 2.45) is 0 Å². The van der Waals surface area contributed by atoms with Gasteiger partial charge in [-0.3, -0.25) is 0 Å². The number of hydrogen-bond acceptors (Lipinski definition) is 8. The number of ether oxygens (including phenoxy) is 2. The van der Waals surface area contributed by atoms with E-state index in [2.05, 4.69) is 0 Å². The first kappa shape index (κ1) is 25.0. The predicted molar refractivity (Wildman–Crippen MR) is 119 cm³/mol. The molecule has 0 heterocycles. The molecule has 3 aromatic rings. The number of rotatable bonds is 8. The van der Waals surface area contributed by atoms with Gasteiger partial charge >= 0.3 is 11.9 Å². The Kier molecular flexibility index (Phi) is 8.08. The number of quaternary nitrogens is 2. The molecule has 2 unspecified atom stereocenters. The van der Waals surface area contributed by atoms with Gasteiger partial charge < -0.3 is 19.9 Å². The maximum absolute atomic E-state index is 12.4. The zero-order chi connectivity index (χ0) is 24.8. The third-order valence-electron chi connectivity index (χ3n) is 5.15. The monoisotopic (exact) mass is 468 g/mol. The van der Waals surface area contributed by atoms with Gasteiger partial charge in [-0.15, -0.1) is 0 Å². The van der Waals surface area contributed by atoms with Crippen LogP contribution in [0.5, 0.6) is 0 Å². The standard InChI is InChI=1S/C24H24N2O8/c1-15(33-23(27)17-6-10-21(11-7-17)25(29)30)19-4-3-5-20(14-19)16(2)34-24(28)18-8-12-22(13-9-18)26(31)32/h3-16,25-26,29,31H,1-2H3/t15-,16-/m1/s1. The molecule has 3 aromatic carbocycles. The van der Waals surface area contributed by atoms with E-state index in [0.29, 0.717) is 11.1 Å². The summed E-state index contributed by atoms with van der Waals surface area (Å²) in [6.07, 6.45) is -1.23. The maximum Gasteiger partial charge on any atom is 0.338 e. The van der Waals surface area contributed by atoms with Gasteiger partial charge in [0.2, 0.25) is 0 Å². The molecule has 0 saturated heterocycles. The van der Waals surface area contributed by atoms with Crippen molar-refractivity contribution in [1.29, 1.82) is 0 Å². The molecule has 34 heavy (non-hydrogen) atoms. The second-order valence-corrected chi connectivity index (χ2v) is 7.53. The average molecular weight is 468 g/mol. The molecule has 4 atom stereocenters. The predicted octanol–water partition coefficient (Wildman–Crippen LogP) is 2.33. The van der Waals surface area contributed by atoms with Crippen molar-refractivity contribution in [3.8, 4) is 0 Å². The van der Waals surface area contributed by atoms with Gasteiger partial charge in [0.05, 0.1) is 11.1 Å². The minimum absolute atomic E-state index is 0.0682. The minimum Gasteiger partial charge on any atom is -0.595 e. The lowest BCUT2D eigenvalue weighted by atomic mass is 10.0. The molecule has 4 N–H and O–H groups in total. The van der Waals surface area contributed by atoms with Crippen LogP contribution in [0, 0.1) is 10.4 Å². The molecular formula is C24H24N2O8. The molecule has 3 rings (SSSR count). The van der Waals surface area contributed by atoms with Gasteiger partial charge in [-0.2, -0.15) is 10.5 Å². The number of nitrogens with one attached hydrogen (secondary N) is 2. The Hall–Kier alpha value is -3.64. The summed E-state index contributed by atoms with van der Waals surface area (Å²) in [5.41, 5.74) is 1.95. The second-order valence-electron chi connectivity index (χ2n) is 7.53. The van der Waals surface area contributed by atoms with Crippen LogP contribution in [-0.4, -0.2) is 22.4 Å². The lowest BCUT2D eigenvalue weighted by Gasteiger charge is -2.18. The van der Waals surface area contributed by atoms with Gasteiger partial charge in [0.15, 0.2) is 11.4 Å². The van der Waals surface area contributed by atoms with Crippen LogP contribution in [0.25, 0.3) is 0 Å². The van der Waals surface area contributed by atoms with Crippen LogP contribution in [0.15, 0.2) is 72.8 Å². The average Bonchev–Trinajstić information content (AvgIpc) is 2.84. The lowest BCUT2D eigenvalue weighted by Crippen LogP contribution is -2.99.